The Morgan fingerprint density at radius 3 is 2.62 bits per heavy atom. The summed E-state index contributed by atoms with van der Waals surface area (Å²) < 4.78 is 44.4. The van der Waals surface area contributed by atoms with Crippen LogP contribution in [0.2, 0.25) is 0 Å². The number of aryl methyl sites for hydroxylation is 1. The number of hydrogen-bond donors (Lipinski definition) is 2. The number of carbonyl (C=O) groups excluding carboxylic acids is 2. The average Bonchev–Trinajstić information content (AvgIpc) is 3.04. The molecule has 0 unspecified atom stereocenters. The van der Waals surface area contributed by atoms with Gasteiger partial charge >= 0.3 is 12.1 Å². The fraction of sp³-hybridized carbons (Fsp3) is 0.400. The van der Waals surface area contributed by atoms with E-state index >= 15 is 0 Å². The number of carbonyl (C=O) groups is 2. The maximum atomic E-state index is 13.1. The minimum Gasteiger partial charge on any atom is -0.462 e. The number of amides is 1. The summed E-state index contributed by atoms with van der Waals surface area (Å²) in [5, 5.41) is 5.60. The second-order valence-corrected chi connectivity index (χ2v) is 7.69. The van der Waals surface area contributed by atoms with Gasteiger partial charge in [-0.15, -0.1) is 11.3 Å². The molecule has 1 aromatic heterocycles. The summed E-state index contributed by atoms with van der Waals surface area (Å²) >= 11 is 1.33. The van der Waals surface area contributed by atoms with Crippen molar-refractivity contribution in [1.82, 2.24) is 0 Å². The zero-order chi connectivity index (χ0) is 21.0. The van der Waals surface area contributed by atoms with Gasteiger partial charge in [0.25, 0.3) is 0 Å². The summed E-state index contributed by atoms with van der Waals surface area (Å²) in [6.45, 7) is 1.56. The Hall–Kier alpha value is -2.55. The molecular weight excluding hydrogens is 405 g/mol. The number of para-hydroxylation sites is 1. The van der Waals surface area contributed by atoms with Crippen LogP contribution in [0.25, 0.3) is 0 Å². The van der Waals surface area contributed by atoms with Crippen LogP contribution in [0.4, 0.5) is 23.9 Å². The van der Waals surface area contributed by atoms with Gasteiger partial charge in [-0.05, 0) is 50.3 Å². The van der Waals surface area contributed by atoms with E-state index in [0.29, 0.717) is 10.6 Å². The fourth-order valence-electron chi connectivity index (χ4n) is 3.30. The maximum Gasteiger partial charge on any atom is 0.418 e. The quantitative estimate of drug-likeness (QED) is 0.647. The van der Waals surface area contributed by atoms with E-state index in [4.69, 9.17) is 4.74 Å². The molecule has 2 aromatic rings. The minimum absolute atomic E-state index is 0.175. The zero-order valence-electron chi connectivity index (χ0n) is 15.8. The molecule has 0 fully saturated rings. The van der Waals surface area contributed by atoms with Crippen molar-refractivity contribution in [1.29, 1.82) is 0 Å². The van der Waals surface area contributed by atoms with Crippen molar-refractivity contribution < 1.29 is 27.5 Å². The van der Waals surface area contributed by atoms with Crippen LogP contribution in [0.3, 0.4) is 0 Å². The average molecular weight is 426 g/mol. The second-order valence-electron chi connectivity index (χ2n) is 6.58. The molecule has 0 bridgehead atoms. The van der Waals surface area contributed by atoms with E-state index in [-0.39, 0.29) is 18.8 Å². The Labute approximate surface area is 170 Å². The minimum atomic E-state index is -4.52. The molecule has 0 radical (unpaired) electrons. The lowest BCUT2D eigenvalue weighted by Gasteiger charge is -2.14. The molecular formula is C20H21F3N2O3S. The highest BCUT2D eigenvalue weighted by Crippen LogP contribution is 2.39. The van der Waals surface area contributed by atoms with E-state index in [1.807, 2.05) is 0 Å². The topological polar surface area (TPSA) is 67.4 Å². The van der Waals surface area contributed by atoms with Gasteiger partial charge in [0.05, 0.1) is 24.3 Å². The van der Waals surface area contributed by atoms with Gasteiger partial charge in [-0.2, -0.15) is 13.2 Å². The number of alkyl halides is 3. The van der Waals surface area contributed by atoms with Gasteiger partial charge in [0.15, 0.2) is 0 Å². The highest BCUT2D eigenvalue weighted by Gasteiger charge is 2.33. The van der Waals surface area contributed by atoms with Gasteiger partial charge in [0.2, 0.25) is 5.91 Å². The van der Waals surface area contributed by atoms with Crippen molar-refractivity contribution in [2.24, 2.45) is 0 Å². The Bertz CT molecular complexity index is 909. The number of ether oxygens (including phenoxy) is 1. The molecule has 0 aliphatic heterocycles. The largest absolute Gasteiger partial charge is 0.462 e. The first-order chi connectivity index (χ1) is 13.8. The first-order valence-electron chi connectivity index (χ1n) is 9.32. The summed E-state index contributed by atoms with van der Waals surface area (Å²) in [7, 11) is 0. The van der Waals surface area contributed by atoms with E-state index in [1.165, 1.54) is 29.5 Å². The van der Waals surface area contributed by atoms with Gasteiger partial charge in [-0.1, -0.05) is 12.1 Å². The third kappa shape index (κ3) is 4.90. The van der Waals surface area contributed by atoms with Gasteiger partial charge in [0, 0.05) is 10.6 Å². The predicted octanol–water partition coefficient (Wildman–Crippen LogP) is 4.87. The normalized spacial score (nSPS) is 13.5. The lowest BCUT2D eigenvalue weighted by Crippen LogP contribution is -2.24. The van der Waals surface area contributed by atoms with Crippen molar-refractivity contribution in [3.63, 3.8) is 0 Å². The molecule has 1 aliphatic carbocycles. The molecule has 0 saturated carbocycles. The molecule has 2 N–H and O–H groups in total. The van der Waals surface area contributed by atoms with Gasteiger partial charge < -0.3 is 15.4 Å². The smallest absolute Gasteiger partial charge is 0.418 e. The number of halogens is 3. The number of thiophene rings is 1. The lowest BCUT2D eigenvalue weighted by atomic mass is 9.95. The van der Waals surface area contributed by atoms with Crippen LogP contribution >= 0.6 is 11.3 Å². The first-order valence-corrected chi connectivity index (χ1v) is 10.1. The van der Waals surface area contributed by atoms with E-state index < -0.39 is 23.6 Å². The Morgan fingerprint density at radius 2 is 1.90 bits per heavy atom. The Morgan fingerprint density at radius 1 is 1.17 bits per heavy atom. The highest BCUT2D eigenvalue weighted by molar-refractivity contribution is 7.17. The number of anilines is 2. The summed E-state index contributed by atoms with van der Waals surface area (Å²) in [5.74, 6) is -1.02. The second kappa shape index (κ2) is 8.86. The van der Waals surface area contributed by atoms with Crippen LogP contribution < -0.4 is 10.6 Å². The highest BCUT2D eigenvalue weighted by atomic mass is 32.1. The molecule has 29 heavy (non-hydrogen) atoms. The van der Waals surface area contributed by atoms with Crippen molar-refractivity contribution in [3.05, 3.63) is 45.8 Å². The Kier molecular flexibility index (Phi) is 6.46. The van der Waals surface area contributed by atoms with Crippen LogP contribution in [0.15, 0.2) is 24.3 Å². The standard InChI is InChI=1S/C20H21F3N2O3S/c1-2-28-19(27)17-12-7-3-6-10-15(12)29-18(17)25-16(26)11-24-14-9-5-4-8-13(14)20(21,22)23/h4-5,8-9,24H,2-3,6-7,10-11H2,1H3,(H,25,26). The lowest BCUT2D eigenvalue weighted by molar-refractivity contribution is -0.137. The number of fused-ring (bicyclic) bond motifs is 1. The molecule has 9 heteroatoms. The van der Waals surface area contributed by atoms with Crippen molar-refractivity contribution in [3.8, 4) is 0 Å². The van der Waals surface area contributed by atoms with E-state index in [1.54, 1.807) is 6.92 Å². The van der Waals surface area contributed by atoms with Crippen molar-refractivity contribution >= 4 is 33.9 Å². The van der Waals surface area contributed by atoms with Crippen LogP contribution in [-0.4, -0.2) is 25.0 Å². The molecule has 1 aliphatic rings. The van der Waals surface area contributed by atoms with Gasteiger partial charge in [0.1, 0.15) is 5.00 Å². The van der Waals surface area contributed by atoms with Crippen LogP contribution in [0, 0.1) is 0 Å². The number of hydrogen-bond acceptors (Lipinski definition) is 5. The first kappa shape index (κ1) is 21.2. The number of nitrogens with one attached hydrogen (secondary N) is 2. The van der Waals surface area contributed by atoms with E-state index in [2.05, 4.69) is 10.6 Å². The number of benzene rings is 1. The SMILES string of the molecule is CCOC(=O)c1c(NC(=O)CNc2ccccc2C(F)(F)F)sc2c1CCCC2. The summed E-state index contributed by atoms with van der Waals surface area (Å²) in [6.07, 6.45) is -0.977. The third-order valence-corrected chi connectivity index (χ3v) is 5.78. The van der Waals surface area contributed by atoms with Crippen molar-refractivity contribution in [2.75, 3.05) is 23.8 Å². The third-order valence-electron chi connectivity index (χ3n) is 4.58. The van der Waals surface area contributed by atoms with E-state index in [0.717, 1.165) is 42.2 Å². The molecule has 0 spiro atoms. The molecule has 5 nitrogen and oxygen atoms in total. The molecule has 156 valence electrons. The van der Waals surface area contributed by atoms with Gasteiger partial charge in [-0.3, -0.25) is 4.79 Å². The van der Waals surface area contributed by atoms with Crippen LogP contribution in [0.1, 0.15) is 46.1 Å². The molecule has 1 heterocycles. The summed E-state index contributed by atoms with van der Waals surface area (Å²) in [5.41, 5.74) is 0.263. The number of esters is 1. The molecule has 1 amide bonds. The van der Waals surface area contributed by atoms with Gasteiger partial charge in [-0.25, -0.2) is 4.79 Å². The Balaban J connectivity index is 1.75. The van der Waals surface area contributed by atoms with Crippen LogP contribution in [0.5, 0.6) is 0 Å². The predicted molar refractivity (Wildman–Crippen MR) is 105 cm³/mol. The molecule has 1 aromatic carbocycles. The monoisotopic (exact) mass is 426 g/mol. The zero-order valence-corrected chi connectivity index (χ0v) is 16.6. The maximum absolute atomic E-state index is 13.1. The van der Waals surface area contributed by atoms with Crippen LogP contribution in [-0.2, 0) is 28.5 Å². The number of rotatable bonds is 6. The molecule has 0 saturated heterocycles. The summed E-state index contributed by atoms with van der Waals surface area (Å²) in [4.78, 5) is 25.8. The summed E-state index contributed by atoms with van der Waals surface area (Å²) in [6, 6.07) is 4.97. The molecule has 0 atom stereocenters. The fourth-order valence-corrected chi connectivity index (χ4v) is 4.60. The van der Waals surface area contributed by atoms with E-state index in [9.17, 15) is 22.8 Å². The molecule has 3 rings (SSSR count). The van der Waals surface area contributed by atoms with Crippen molar-refractivity contribution in [2.45, 2.75) is 38.8 Å².